The summed E-state index contributed by atoms with van der Waals surface area (Å²) in [6.45, 7) is 2.23. The molecule has 86 valence electrons. The smallest absolute Gasteiger partial charge is 0.120 e. The molecule has 0 aliphatic heterocycles. The van der Waals surface area contributed by atoms with Crippen molar-refractivity contribution in [2.45, 2.75) is 64.7 Å². The van der Waals surface area contributed by atoms with E-state index in [9.17, 15) is 4.79 Å². The van der Waals surface area contributed by atoms with Crippen LogP contribution >= 0.6 is 0 Å². The van der Waals surface area contributed by atoms with Gasteiger partial charge < -0.3 is 0 Å². The van der Waals surface area contributed by atoms with Crippen molar-refractivity contribution in [1.82, 2.24) is 0 Å². The van der Waals surface area contributed by atoms with Gasteiger partial charge in [-0.15, -0.1) is 0 Å². The molecule has 0 atom stereocenters. The zero-order valence-electron chi connectivity index (χ0n) is 10.0. The van der Waals surface area contributed by atoms with Crippen LogP contribution in [0.1, 0.15) is 64.7 Å². The summed E-state index contributed by atoms with van der Waals surface area (Å²) in [5.41, 5.74) is 0. The fraction of sp³-hybridized carbons (Fsp3) is 0.714. The van der Waals surface area contributed by atoms with Gasteiger partial charge >= 0.3 is 0 Å². The Morgan fingerprint density at radius 3 is 2.07 bits per heavy atom. The quantitative estimate of drug-likeness (QED) is 0.294. The minimum absolute atomic E-state index is 0.893. The molecule has 0 saturated heterocycles. The molecule has 0 fully saturated rings. The Balaban J connectivity index is 3.05. The summed E-state index contributed by atoms with van der Waals surface area (Å²) < 4.78 is 0. The molecule has 0 bridgehead atoms. The lowest BCUT2D eigenvalue weighted by atomic mass is 10.1. The first-order valence-corrected chi connectivity index (χ1v) is 6.26. The van der Waals surface area contributed by atoms with E-state index in [2.05, 4.69) is 19.1 Å². The summed E-state index contributed by atoms with van der Waals surface area (Å²) in [6, 6.07) is 0. The molecule has 0 heterocycles. The minimum Gasteiger partial charge on any atom is -0.234 e. The Morgan fingerprint density at radius 1 is 0.867 bits per heavy atom. The van der Waals surface area contributed by atoms with E-state index in [1.807, 2.05) is 5.94 Å². The molecular formula is C14H24O. The van der Waals surface area contributed by atoms with E-state index < -0.39 is 0 Å². The lowest BCUT2D eigenvalue weighted by Crippen LogP contribution is -1.75. The lowest BCUT2D eigenvalue weighted by molar-refractivity contribution is 0.567. The Hall–Kier alpha value is -0.810. The monoisotopic (exact) mass is 208 g/mol. The van der Waals surface area contributed by atoms with Crippen molar-refractivity contribution in [2.24, 2.45) is 0 Å². The van der Waals surface area contributed by atoms with E-state index >= 15 is 0 Å². The maximum Gasteiger partial charge on any atom is 0.120 e. The fourth-order valence-corrected chi connectivity index (χ4v) is 1.49. The number of allylic oxidation sites excluding steroid dienone is 3. The van der Waals surface area contributed by atoms with Gasteiger partial charge in [0.05, 0.1) is 0 Å². The van der Waals surface area contributed by atoms with Gasteiger partial charge in [-0.25, -0.2) is 4.79 Å². The van der Waals surface area contributed by atoms with Gasteiger partial charge in [-0.05, 0) is 44.6 Å². The van der Waals surface area contributed by atoms with Crippen molar-refractivity contribution in [3.8, 4) is 0 Å². The van der Waals surface area contributed by atoms with Gasteiger partial charge in [0.1, 0.15) is 5.94 Å². The molecule has 0 amide bonds. The maximum atomic E-state index is 9.87. The van der Waals surface area contributed by atoms with Crippen molar-refractivity contribution in [3.05, 3.63) is 18.2 Å². The minimum atomic E-state index is 0.893. The Bertz CT molecular complexity index is 188. The van der Waals surface area contributed by atoms with E-state index in [4.69, 9.17) is 0 Å². The third kappa shape index (κ3) is 13.2. The van der Waals surface area contributed by atoms with Crippen LogP contribution in [-0.2, 0) is 4.79 Å². The fourth-order valence-electron chi connectivity index (χ4n) is 1.49. The predicted octanol–water partition coefficient (Wildman–Crippen LogP) is 4.46. The zero-order valence-corrected chi connectivity index (χ0v) is 10.0. The van der Waals surface area contributed by atoms with Crippen LogP contribution in [-0.4, -0.2) is 5.94 Å². The Morgan fingerprint density at radius 2 is 1.47 bits per heavy atom. The topological polar surface area (TPSA) is 17.1 Å². The molecule has 0 aliphatic carbocycles. The largest absolute Gasteiger partial charge is 0.234 e. The van der Waals surface area contributed by atoms with Crippen LogP contribution in [0.2, 0.25) is 0 Å². The highest BCUT2D eigenvalue weighted by molar-refractivity contribution is 5.44. The Kier molecular flexibility index (Phi) is 12.5. The highest BCUT2D eigenvalue weighted by Gasteiger charge is 1.86. The van der Waals surface area contributed by atoms with Gasteiger partial charge in [0, 0.05) is 0 Å². The van der Waals surface area contributed by atoms with Gasteiger partial charge in [-0.2, -0.15) is 0 Å². The molecule has 0 N–H and O–H groups in total. The van der Waals surface area contributed by atoms with Crippen molar-refractivity contribution < 1.29 is 4.79 Å². The summed E-state index contributed by atoms with van der Waals surface area (Å²) in [6.07, 6.45) is 17.1. The van der Waals surface area contributed by atoms with Crippen molar-refractivity contribution in [2.75, 3.05) is 0 Å². The number of hydrogen-bond acceptors (Lipinski definition) is 1. The normalized spacial score (nSPS) is 10.5. The number of rotatable bonds is 10. The van der Waals surface area contributed by atoms with Crippen LogP contribution in [0.4, 0.5) is 0 Å². The summed E-state index contributed by atoms with van der Waals surface area (Å²) >= 11 is 0. The Labute approximate surface area is 94.3 Å². The second kappa shape index (κ2) is 13.2. The van der Waals surface area contributed by atoms with E-state index in [0.29, 0.717) is 0 Å². The second-order valence-electron chi connectivity index (χ2n) is 3.93. The molecule has 1 nitrogen and oxygen atoms in total. The number of carbonyl (C=O) groups excluding carboxylic acids is 1. The molecule has 0 spiro atoms. The molecule has 0 aromatic carbocycles. The second-order valence-corrected chi connectivity index (χ2v) is 3.93. The molecule has 0 unspecified atom stereocenters. The molecule has 1 heteroatoms. The molecular weight excluding hydrogens is 184 g/mol. The van der Waals surface area contributed by atoms with Gasteiger partial charge in [0.25, 0.3) is 0 Å². The van der Waals surface area contributed by atoms with Crippen LogP contribution in [0.5, 0.6) is 0 Å². The predicted molar refractivity (Wildman–Crippen MR) is 66.6 cm³/mol. The van der Waals surface area contributed by atoms with Crippen molar-refractivity contribution >= 4 is 5.94 Å². The summed E-state index contributed by atoms with van der Waals surface area (Å²) in [5.74, 6) is 1.81. The molecule has 0 saturated carbocycles. The first-order chi connectivity index (χ1) is 7.41. The molecule has 0 rings (SSSR count). The highest BCUT2D eigenvalue weighted by atomic mass is 16.1. The van der Waals surface area contributed by atoms with Crippen LogP contribution in [0.3, 0.4) is 0 Å². The summed E-state index contributed by atoms with van der Waals surface area (Å²) in [4.78, 5) is 9.87. The van der Waals surface area contributed by atoms with Crippen LogP contribution in [0.15, 0.2) is 18.2 Å². The third-order valence-corrected chi connectivity index (χ3v) is 2.44. The molecule has 0 aromatic heterocycles. The van der Waals surface area contributed by atoms with Gasteiger partial charge in [0.15, 0.2) is 0 Å². The molecule has 0 aliphatic rings. The average molecular weight is 208 g/mol. The number of unbranched alkanes of at least 4 members (excludes halogenated alkanes) is 7. The van der Waals surface area contributed by atoms with Crippen LogP contribution in [0, 0.1) is 0 Å². The van der Waals surface area contributed by atoms with Crippen LogP contribution in [0.25, 0.3) is 0 Å². The van der Waals surface area contributed by atoms with E-state index in [1.54, 1.807) is 6.08 Å². The van der Waals surface area contributed by atoms with E-state index in [1.165, 1.54) is 44.9 Å². The van der Waals surface area contributed by atoms with Crippen molar-refractivity contribution in [1.29, 1.82) is 0 Å². The van der Waals surface area contributed by atoms with Gasteiger partial charge in [-0.3, -0.25) is 0 Å². The van der Waals surface area contributed by atoms with Crippen molar-refractivity contribution in [3.63, 3.8) is 0 Å². The number of hydrogen-bond donors (Lipinski definition) is 0. The van der Waals surface area contributed by atoms with E-state index in [-0.39, 0.29) is 0 Å². The summed E-state index contributed by atoms with van der Waals surface area (Å²) in [7, 11) is 0. The molecule has 15 heavy (non-hydrogen) atoms. The van der Waals surface area contributed by atoms with Gasteiger partial charge in [-0.1, -0.05) is 38.3 Å². The average Bonchev–Trinajstić information content (AvgIpc) is 2.26. The highest BCUT2D eigenvalue weighted by Crippen LogP contribution is 2.05. The third-order valence-electron chi connectivity index (χ3n) is 2.44. The zero-order chi connectivity index (χ0) is 11.2. The molecule has 0 aromatic rings. The summed E-state index contributed by atoms with van der Waals surface area (Å²) in [5, 5.41) is 0. The SMILES string of the molecule is CCCCC/C=C/CCCCCC=C=O. The first-order valence-electron chi connectivity index (χ1n) is 6.26. The first kappa shape index (κ1) is 14.2. The van der Waals surface area contributed by atoms with E-state index in [0.717, 1.165) is 12.8 Å². The standard InChI is InChI=1S/C14H24O/c1-2-3-4-5-6-7-8-9-10-11-12-13-14-15/h6-7,13H,2-5,8-12H2,1H3/b7-6+. The molecule has 0 radical (unpaired) electrons. The van der Waals surface area contributed by atoms with Gasteiger partial charge in [0.2, 0.25) is 0 Å². The van der Waals surface area contributed by atoms with Crippen LogP contribution < -0.4 is 0 Å². The maximum absolute atomic E-state index is 9.87. The lowest BCUT2D eigenvalue weighted by Gasteiger charge is -1.95.